The molecule has 8 heteroatoms. The van der Waals surface area contributed by atoms with Gasteiger partial charge in [0.25, 0.3) is 11.8 Å². The number of pyridine rings is 1. The first-order valence-electron chi connectivity index (χ1n) is 8.62. The largest absolute Gasteiger partial charge is 0.495 e. The van der Waals surface area contributed by atoms with Crippen molar-refractivity contribution in [3.8, 4) is 5.75 Å². The average Bonchev–Trinajstić information content (AvgIpc) is 3.42. The third-order valence-corrected chi connectivity index (χ3v) is 4.44. The number of hydrogen-bond acceptors (Lipinski definition) is 5. The van der Waals surface area contributed by atoms with Gasteiger partial charge < -0.3 is 19.9 Å². The van der Waals surface area contributed by atoms with E-state index in [9.17, 15) is 9.59 Å². The van der Waals surface area contributed by atoms with Crippen molar-refractivity contribution in [3.05, 3.63) is 47.9 Å². The predicted octanol–water partition coefficient (Wildman–Crippen LogP) is 2.12. The van der Waals surface area contributed by atoms with Crippen molar-refractivity contribution in [1.29, 1.82) is 0 Å². The van der Waals surface area contributed by atoms with Crippen molar-refractivity contribution in [2.75, 3.05) is 12.4 Å². The van der Waals surface area contributed by atoms with Gasteiger partial charge in [-0.3, -0.25) is 9.59 Å². The first-order valence-corrected chi connectivity index (χ1v) is 8.62. The van der Waals surface area contributed by atoms with Crippen LogP contribution in [0.2, 0.25) is 0 Å². The van der Waals surface area contributed by atoms with Crippen LogP contribution >= 0.6 is 0 Å². The molecule has 0 spiro atoms. The highest BCUT2D eigenvalue weighted by atomic mass is 16.5. The van der Waals surface area contributed by atoms with Crippen LogP contribution in [0.1, 0.15) is 33.6 Å². The van der Waals surface area contributed by atoms with Crippen LogP contribution in [0.15, 0.2) is 36.8 Å². The summed E-state index contributed by atoms with van der Waals surface area (Å²) in [7, 11) is 3.35. The standard InChI is InChI=1S/C19H19N5O3/c1-24-10-21-15-8-12(9-20-17(15)24)19(26)23-14-7-11(3-6-16(14)27-2)18(25)22-13-4-5-13/h3,6-10,13H,4-5H2,1-2H3,(H,22,25)(H,23,26). The summed E-state index contributed by atoms with van der Waals surface area (Å²) in [6.45, 7) is 0. The van der Waals surface area contributed by atoms with Gasteiger partial charge in [-0.1, -0.05) is 0 Å². The smallest absolute Gasteiger partial charge is 0.257 e. The molecule has 2 N–H and O–H groups in total. The van der Waals surface area contributed by atoms with E-state index in [0.717, 1.165) is 12.8 Å². The van der Waals surface area contributed by atoms with E-state index in [1.54, 1.807) is 35.2 Å². The molecule has 3 aromatic rings. The Morgan fingerprint density at radius 1 is 1.15 bits per heavy atom. The molecule has 2 amide bonds. The second-order valence-electron chi connectivity index (χ2n) is 6.54. The molecule has 0 atom stereocenters. The number of rotatable bonds is 5. The summed E-state index contributed by atoms with van der Waals surface area (Å²) in [6.07, 6.45) is 5.16. The number of methoxy groups -OCH3 is 1. The third kappa shape index (κ3) is 3.46. The molecule has 4 rings (SSSR count). The molecular formula is C19H19N5O3. The van der Waals surface area contributed by atoms with Gasteiger partial charge in [0.15, 0.2) is 5.65 Å². The molecule has 0 aliphatic heterocycles. The van der Waals surface area contributed by atoms with Crippen molar-refractivity contribution in [1.82, 2.24) is 19.9 Å². The van der Waals surface area contributed by atoms with Gasteiger partial charge in [0.2, 0.25) is 0 Å². The number of carbonyl (C=O) groups excluding carboxylic acids is 2. The van der Waals surface area contributed by atoms with Crippen molar-refractivity contribution in [3.63, 3.8) is 0 Å². The van der Waals surface area contributed by atoms with Crippen LogP contribution in [0.3, 0.4) is 0 Å². The Morgan fingerprint density at radius 3 is 2.70 bits per heavy atom. The summed E-state index contributed by atoms with van der Waals surface area (Å²) in [5.41, 5.74) is 2.59. The number of aromatic nitrogens is 3. The summed E-state index contributed by atoms with van der Waals surface area (Å²) in [6, 6.07) is 6.88. The van der Waals surface area contributed by atoms with Gasteiger partial charge in [-0.25, -0.2) is 9.97 Å². The number of hydrogen-bond donors (Lipinski definition) is 2. The molecule has 0 unspecified atom stereocenters. The molecule has 8 nitrogen and oxygen atoms in total. The Labute approximate surface area is 155 Å². The number of nitrogens with one attached hydrogen (secondary N) is 2. The molecule has 2 heterocycles. The summed E-state index contributed by atoms with van der Waals surface area (Å²) in [5, 5.41) is 5.72. The maximum Gasteiger partial charge on any atom is 0.257 e. The lowest BCUT2D eigenvalue weighted by molar-refractivity contribution is 0.0949. The first kappa shape index (κ1) is 17.0. The van der Waals surface area contributed by atoms with Crippen molar-refractivity contribution >= 4 is 28.7 Å². The molecule has 0 saturated heterocycles. The van der Waals surface area contributed by atoms with E-state index in [2.05, 4.69) is 20.6 Å². The lowest BCUT2D eigenvalue weighted by Crippen LogP contribution is -2.25. The third-order valence-electron chi connectivity index (χ3n) is 4.44. The van der Waals surface area contributed by atoms with Crippen LogP contribution in [0, 0.1) is 0 Å². The van der Waals surface area contributed by atoms with Gasteiger partial charge in [0, 0.05) is 24.8 Å². The quantitative estimate of drug-likeness (QED) is 0.722. The monoisotopic (exact) mass is 365 g/mol. The summed E-state index contributed by atoms with van der Waals surface area (Å²) in [5.74, 6) is -0.0430. The molecule has 0 radical (unpaired) electrons. The highest BCUT2D eigenvalue weighted by Crippen LogP contribution is 2.27. The zero-order valence-corrected chi connectivity index (χ0v) is 15.0. The van der Waals surface area contributed by atoms with E-state index in [-0.39, 0.29) is 17.9 Å². The van der Waals surface area contributed by atoms with Crippen LogP contribution < -0.4 is 15.4 Å². The lowest BCUT2D eigenvalue weighted by atomic mass is 10.1. The van der Waals surface area contributed by atoms with Gasteiger partial charge in [-0.2, -0.15) is 0 Å². The maximum atomic E-state index is 12.7. The van der Waals surface area contributed by atoms with E-state index >= 15 is 0 Å². The van der Waals surface area contributed by atoms with Crippen LogP contribution in [0.4, 0.5) is 5.69 Å². The van der Waals surface area contributed by atoms with Gasteiger partial charge >= 0.3 is 0 Å². The van der Waals surface area contributed by atoms with Gasteiger partial charge in [0.05, 0.1) is 24.7 Å². The number of nitrogens with zero attached hydrogens (tertiary/aromatic N) is 3. The van der Waals surface area contributed by atoms with Crippen LogP contribution in [-0.4, -0.2) is 39.5 Å². The van der Waals surface area contributed by atoms with E-state index in [0.29, 0.717) is 33.7 Å². The molecule has 1 aliphatic carbocycles. The molecule has 2 aromatic heterocycles. The number of fused-ring (bicyclic) bond motifs is 1. The fourth-order valence-corrected chi connectivity index (χ4v) is 2.78. The Hall–Kier alpha value is -3.42. The van der Waals surface area contributed by atoms with Gasteiger partial charge in [0.1, 0.15) is 11.3 Å². The van der Waals surface area contributed by atoms with Crippen LogP contribution in [0.25, 0.3) is 11.2 Å². The minimum absolute atomic E-state index is 0.160. The molecule has 1 saturated carbocycles. The van der Waals surface area contributed by atoms with E-state index in [1.807, 2.05) is 7.05 Å². The fourth-order valence-electron chi connectivity index (χ4n) is 2.78. The second kappa shape index (κ2) is 6.71. The highest BCUT2D eigenvalue weighted by molar-refractivity contribution is 6.07. The number of anilines is 1. The number of ether oxygens (including phenoxy) is 1. The molecular weight excluding hydrogens is 346 g/mol. The molecule has 138 valence electrons. The normalized spacial score (nSPS) is 13.4. The SMILES string of the molecule is COc1ccc(C(=O)NC2CC2)cc1NC(=O)c1cnc2c(c1)ncn2C. The summed E-state index contributed by atoms with van der Waals surface area (Å²) >= 11 is 0. The molecule has 0 bridgehead atoms. The zero-order valence-electron chi connectivity index (χ0n) is 15.0. The Bertz CT molecular complexity index is 1040. The first-order chi connectivity index (χ1) is 13.0. The lowest BCUT2D eigenvalue weighted by Gasteiger charge is -2.12. The van der Waals surface area contributed by atoms with E-state index in [4.69, 9.17) is 4.74 Å². The average molecular weight is 365 g/mol. The molecule has 1 fully saturated rings. The molecule has 1 aliphatic rings. The summed E-state index contributed by atoms with van der Waals surface area (Å²) in [4.78, 5) is 33.4. The van der Waals surface area contributed by atoms with Gasteiger partial charge in [-0.15, -0.1) is 0 Å². The Kier molecular flexibility index (Phi) is 4.23. The minimum atomic E-state index is -0.354. The Morgan fingerprint density at radius 2 is 1.96 bits per heavy atom. The summed E-state index contributed by atoms with van der Waals surface area (Å²) < 4.78 is 7.09. The maximum absolute atomic E-state index is 12.7. The minimum Gasteiger partial charge on any atom is -0.495 e. The van der Waals surface area contributed by atoms with Crippen LogP contribution in [0.5, 0.6) is 5.75 Å². The predicted molar refractivity (Wildman–Crippen MR) is 99.9 cm³/mol. The van der Waals surface area contributed by atoms with E-state index in [1.165, 1.54) is 13.3 Å². The number of amides is 2. The Balaban J connectivity index is 1.58. The number of benzene rings is 1. The highest BCUT2D eigenvalue weighted by Gasteiger charge is 2.24. The zero-order chi connectivity index (χ0) is 19.0. The van der Waals surface area contributed by atoms with Gasteiger partial charge in [-0.05, 0) is 37.1 Å². The number of imidazole rings is 1. The van der Waals surface area contributed by atoms with E-state index < -0.39 is 0 Å². The van der Waals surface area contributed by atoms with Crippen molar-refractivity contribution < 1.29 is 14.3 Å². The van der Waals surface area contributed by atoms with Crippen LogP contribution in [-0.2, 0) is 7.05 Å². The topological polar surface area (TPSA) is 98.1 Å². The van der Waals surface area contributed by atoms with Crippen molar-refractivity contribution in [2.45, 2.75) is 18.9 Å². The molecule has 27 heavy (non-hydrogen) atoms. The van der Waals surface area contributed by atoms with Crippen molar-refractivity contribution in [2.24, 2.45) is 7.05 Å². The number of carbonyl (C=O) groups is 2. The number of aryl methyl sites for hydroxylation is 1. The second-order valence-corrected chi connectivity index (χ2v) is 6.54. The fraction of sp³-hybridized carbons (Fsp3) is 0.263. The molecule has 1 aromatic carbocycles.